The maximum absolute atomic E-state index is 3.60. The molecule has 0 radical (unpaired) electrons. The fourth-order valence-corrected chi connectivity index (χ4v) is 4.06. The summed E-state index contributed by atoms with van der Waals surface area (Å²) in [5.74, 6) is 2.66. The standard InChI is InChI=1S/C18H28BrN/c1-3-14-8-9-16(13-20-4-2)17(10-14)11-15-6-5-7-18(19)12-15/h5-7,12,14,16-17,20H,3-4,8-11,13H2,1-2H3. The fourth-order valence-electron chi connectivity index (χ4n) is 3.61. The smallest absolute Gasteiger partial charge is 0.0177 e. The second-order valence-corrected chi connectivity index (χ2v) is 7.16. The lowest BCUT2D eigenvalue weighted by molar-refractivity contribution is 0.172. The van der Waals surface area contributed by atoms with E-state index < -0.39 is 0 Å². The molecule has 2 rings (SSSR count). The zero-order valence-electron chi connectivity index (χ0n) is 12.9. The molecule has 0 bridgehead atoms. The van der Waals surface area contributed by atoms with E-state index in [-0.39, 0.29) is 0 Å². The first-order valence-corrected chi connectivity index (χ1v) is 8.97. The second-order valence-electron chi connectivity index (χ2n) is 6.25. The average Bonchev–Trinajstić information content (AvgIpc) is 2.46. The van der Waals surface area contributed by atoms with Crippen molar-refractivity contribution in [3.8, 4) is 0 Å². The largest absolute Gasteiger partial charge is 0.317 e. The Hall–Kier alpha value is -0.340. The van der Waals surface area contributed by atoms with Crippen LogP contribution in [0.25, 0.3) is 0 Å². The quantitative estimate of drug-likeness (QED) is 0.766. The molecule has 2 heteroatoms. The molecule has 0 aliphatic heterocycles. The normalized spacial score (nSPS) is 26.6. The van der Waals surface area contributed by atoms with Gasteiger partial charge < -0.3 is 5.32 Å². The summed E-state index contributed by atoms with van der Waals surface area (Å²) in [6.45, 7) is 6.86. The number of hydrogen-bond donors (Lipinski definition) is 1. The van der Waals surface area contributed by atoms with Crippen LogP contribution < -0.4 is 5.32 Å². The van der Waals surface area contributed by atoms with Gasteiger partial charge in [-0.1, -0.05) is 54.8 Å². The Kier molecular flexibility index (Phi) is 6.57. The van der Waals surface area contributed by atoms with Crippen LogP contribution in [-0.4, -0.2) is 13.1 Å². The molecule has 1 aromatic carbocycles. The Morgan fingerprint density at radius 3 is 2.75 bits per heavy atom. The predicted molar refractivity (Wildman–Crippen MR) is 91.0 cm³/mol. The molecule has 20 heavy (non-hydrogen) atoms. The van der Waals surface area contributed by atoms with Gasteiger partial charge in [0.2, 0.25) is 0 Å². The Balaban J connectivity index is 2.02. The van der Waals surface area contributed by atoms with E-state index in [1.54, 1.807) is 0 Å². The highest BCUT2D eigenvalue weighted by atomic mass is 79.9. The number of hydrogen-bond acceptors (Lipinski definition) is 1. The SMILES string of the molecule is CCNCC1CCC(CC)CC1Cc1cccc(Br)c1. The minimum absolute atomic E-state index is 0.849. The molecule has 1 saturated carbocycles. The van der Waals surface area contributed by atoms with Crippen LogP contribution in [0, 0.1) is 17.8 Å². The number of nitrogens with one attached hydrogen (secondary N) is 1. The topological polar surface area (TPSA) is 12.0 Å². The van der Waals surface area contributed by atoms with Crippen molar-refractivity contribution in [2.75, 3.05) is 13.1 Å². The molecule has 1 fully saturated rings. The summed E-state index contributed by atoms with van der Waals surface area (Å²) in [6, 6.07) is 8.86. The van der Waals surface area contributed by atoms with Crippen LogP contribution in [0.3, 0.4) is 0 Å². The zero-order valence-corrected chi connectivity index (χ0v) is 14.5. The van der Waals surface area contributed by atoms with Gasteiger partial charge in [-0.2, -0.15) is 0 Å². The Morgan fingerprint density at radius 2 is 2.05 bits per heavy atom. The summed E-state index contributed by atoms with van der Waals surface area (Å²) in [7, 11) is 0. The van der Waals surface area contributed by atoms with Gasteiger partial charge in [0.1, 0.15) is 0 Å². The lowest BCUT2D eigenvalue weighted by Crippen LogP contribution is -2.34. The molecule has 112 valence electrons. The molecule has 3 atom stereocenters. The molecule has 3 unspecified atom stereocenters. The maximum atomic E-state index is 3.60. The van der Waals surface area contributed by atoms with Crippen molar-refractivity contribution in [3.05, 3.63) is 34.3 Å². The van der Waals surface area contributed by atoms with Gasteiger partial charge in [0, 0.05) is 4.47 Å². The van der Waals surface area contributed by atoms with Crippen LogP contribution in [0.15, 0.2) is 28.7 Å². The van der Waals surface area contributed by atoms with Crippen LogP contribution in [0.5, 0.6) is 0 Å². The van der Waals surface area contributed by atoms with Crippen molar-refractivity contribution >= 4 is 15.9 Å². The van der Waals surface area contributed by atoms with Crippen molar-refractivity contribution in [1.82, 2.24) is 5.32 Å². The lowest BCUT2D eigenvalue weighted by atomic mass is 9.71. The first-order valence-electron chi connectivity index (χ1n) is 8.18. The van der Waals surface area contributed by atoms with Crippen LogP contribution in [0.2, 0.25) is 0 Å². The van der Waals surface area contributed by atoms with E-state index >= 15 is 0 Å². The molecular formula is C18H28BrN. The maximum Gasteiger partial charge on any atom is 0.0177 e. The number of benzene rings is 1. The van der Waals surface area contributed by atoms with E-state index in [0.29, 0.717) is 0 Å². The molecular weight excluding hydrogens is 310 g/mol. The van der Waals surface area contributed by atoms with Crippen LogP contribution in [0.4, 0.5) is 0 Å². The van der Waals surface area contributed by atoms with Gasteiger partial charge in [-0.15, -0.1) is 0 Å². The van der Waals surface area contributed by atoms with Crippen LogP contribution in [-0.2, 0) is 6.42 Å². The van der Waals surface area contributed by atoms with Crippen LogP contribution in [0.1, 0.15) is 45.1 Å². The van der Waals surface area contributed by atoms with E-state index in [2.05, 4.69) is 59.4 Å². The minimum Gasteiger partial charge on any atom is -0.317 e. The second kappa shape index (κ2) is 8.19. The summed E-state index contributed by atoms with van der Waals surface area (Å²) in [6.07, 6.45) is 6.85. The Morgan fingerprint density at radius 1 is 1.20 bits per heavy atom. The zero-order chi connectivity index (χ0) is 14.4. The Bertz CT molecular complexity index is 404. The van der Waals surface area contributed by atoms with Crippen molar-refractivity contribution < 1.29 is 0 Å². The predicted octanol–water partition coefficient (Wildman–Crippen LogP) is 5.04. The monoisotopic (exact) mass is 337 g/mol. The van der Waals surface area contributed by atoms with Crippen molar-refractivity contribution in [1.29, 1.82) is 0 Å². The first-order chi connectivity index (χ1) is 9.72. The number of halogens is 1. The minimum atomic E-state index is 0.849. The summed E-state index contributed by atoms with van der Waals surface area (Å²) < 4.78 is 1.21. The molecule has 0 aromatic heterocycles. The van der Waals surface area contributed by atoms with Crippen molar-refractivity contribution in [3.63, 3.8) is 0 Å². The van der Waals surface area contributed by atoms with Gasteiger partial charge in [-0.3, -0.25) is 0 Å². The van der Waals surface area contributed by atoms with Gasteiger partial charge in [-0.25, -0.2) is 0 Å². The van der Waals surface area contributed by atoms with E-state index in [9.17, 15) is 0 Å². The molecule has 1 aliphatic carbocycles. The van der Waals surface area contributed by atoms with E-state index in [1.165, 1.54) is 48.7 Å². The first kappa shape index (κ1) is 16.0. The van der Waals surface area contributed by atoms with Gasteiger partial charge in [-0.05, 0) is 67.8 Å². The number of rotatable bonds is 6. The van der Waals surface area contributed by atoms with Gasteiger partial charge in [0.05, 0.1) is 0 Å². The highest BCUT2D eigenvalue weighted by Gasteiger charge is 2.29. The summed E-state index contributed by atoms with van der Waals surface area (Å²) >= 11 is 3.60. The van der Waals surface area contributed by atoms with Gasteiger partial charge in [0.25, 0.3) is 0 Å². The fraction of sp³-hybridized carbons (Fsp3) is 0.667. The van der Waals surface area contributed by atoms with E-state index in [4.69, 9.17) is 0 Å². The summed E-state index contributed by atoms with van der Waals surface area (Å²) in [5.41, 5.74) is 1.49. The van der Waals surface area contributed by atoms with Crippen LogP contribution >= 0.6 is 15.9 Å². The van der Waals surface area contributed by atoms with E-state index in [0.717, 1.165) is 24.3 Å². The summed E-state index contributed by atoms with van der Waals surface area (Å²) in [4.78, 5) is 0. The highest BCUT2D eigenvalue weighted by Crippen LogP contribution is 2.37. The molecule has 1 nitrogen and oxygen atoms in total. The third-order valence-electron chi connectivity index (χ3n) is 4.87. The third-order valence-corrected chi connectivity index (χ3v) is 5.36. The molecule has 1 aromatic rings. The molecule has 0 saturated heterocycles. The summed E-state index contributed by atoms with van der Waals surface area (Å²) in [5, 5.41) is 3.57. The van der Waals surface area contributed by atoms with E-state index in [1.807, 2.05) is 0 Å². The average molecular weight is 338 g/mol. The highest BCUT2D eigenvalue weighted by molar-refractivity contribution is 9.10. The third kappa shape index (κ3) is 4.60. The molecule has 0 heterocycles. The van der Waals surface area contributed by atoms with Crippen molar-refractivity contribution in [2.24, 2.45) is 17.8 Å². The molecule has 1 N–H and O–H groups in total. The van der Waals surface area contributed by atoms with Gasteiger partial charge >= 0.3 is 0 Å². The van der Waals surface area contributed by atoms with Crippen molar-refractivity contribution in [2.45, 2.75) is 46.0 Å². The molecule has 1 aliphatic rings. The molecule has 0 spiro atoms. The molecule has 0 amide bonds. The Labute approximate surface area is 132 Å². The van der Waals surface area contributed by atoms with Gasteiger partial charge in [0.15, 0.2) is 0 Å². The lowest BCUT2D eigenvalue weighted by Gasteiger charge is -2.36.